The third-order valence-electron chi connectivity index (χ3n) is 7.57. The van der Waals surface area contributed by atoms with Crippen LogP contribution in [0.15, 0.2) is 23.3 Å². The third-order valence-corrected chi connectivity index (χ3v) is 7.57. The van der Waals surface area contributed by atoms with E-state index in [1.807, 2.05) is 13.8 Å². The summed E-state index contributed by atoms with van der Waals surface area (Å²) in [4.78, 5) is 0. The summed E-state index contributed by atoms with van der Waals surface area (Å²) in [5, 5.41) is 28.5. The molecule has 0 aliphatic heterocycles. The minimum Gasteiger partial charge on any atom is -0.396 e. The Balaban J connectivity index is 2.07. The molecular formula is C25H44O3. The van der Waals surface area contributed by atoms with Crippen molar-refractivity contribution in [2.24, 2.45) is 23.2 Å². The van der Waals surface area contributed by atoms with E-state index in [0.29, 0.717) is 30.1 Å². The quantitative estimate of drug-likeness (QED) is 0.466. The average Bonchev–Trinajstić information content (AvgIpc) is 2.96. The number of hydrogen-bond acceptors (Lipinski definition) is 3. The van der Waals surface area contributed by atoms with E-state index in [9.17, 15) is 15.3 Å². The summed E-state index contributed by atoms with van der Waals surface area (Å²) in [6, 6.07) is 0. The zero-order valence-corrected chi connectivity index (χ0v) is 18.7. The molecule has 2 fully saturated rings. The van der Waals surface area contributed by atoms with Crippen LogP contribution < -0.4 is 0 Å². The number of aliphatic hydroxyl groups excluding tert-OH is 2. The number of aliphatic hydroxyl groups is 3. The third kappa shape index (κ3) is 6.18. The Bertz CT molecular complexity index is 534. The van der Waals surface area contributed by atoms with Crippen molar-refractivity contribution < 1.29 is 15.3 Å². The minimum absolute atomic E-state index is 0.153. The Kier molecular flexibility index (Phi) is 8.79. The van der Waals surface area contributed by atoms with Crippen LogP contribution >= 0.6 is 0 Å². The molecule has 28 heavy (non-hydrogen) atoms. The first kappa shape index (κ1) is 23.6. The van der Waals surface area contributed by atoms with Gasteiger partial charge in [-0.05, 0) is 88.4 Å². The van der Waals surface area contributed by atoms with Gasteiger partial charge in [-0.3, -0.25) is 0 Å². The van der Waals surface area contributed by atoms with Gasteiger partial charge >= 0.3 is 0 Å². The fourth-order valence-corrected chi connectivity index (χ4v) is 6.08. The van der Waals surface area contributed by atoms with E-state index in [4.69, 9.17) is 0 Å². The normalized spacial score (nSPS) is 30.3. The van der Waals surface area contributed by atoms with Crippen LogP contribution in [0, 0.1) is 23.2 Å². The van der Waals surface area contributed by atoms with Crippen LogP contribution in [0.5, 0.6) is 0 Å². The van der Waals surface area contributed by atoms with Gasteiger partial charge in [0.25, 0.3) is 0 Å². The number of allylic oxidation sites excluding steroid dienone is 3. The lowest BCUT2D eigenvalue weighted by molar-refractivity contribution is 0.0596. The molecule has 0 aromatic rings. The van der Waals surface area contributed by atoms with Gasteiger partial charge in [0.2, 0.25) is 0 Å². The lowest BCUT2D eigenvalue weighted by atomic mass is 9.60. The van der Waals surface area contributed by atoms with Gasteiger partial charge in [-0.25, -0.2) is 0 Å². The molecular weight excluding hydrogens is 348 g/mol. The van der Waals surface area contributed by atoms with Gasteiger partial charge < -0.3 is 15.3 Å². The van der Waals surface area contributed by atoms with E-state index < -0.39 is 5.60 Å². The average molecular weight is 393 g/mol. The highest BCUT2D eigenvalue weighted by molar-refractivity contribution is 5.25. The Hall–Kier alpha value is -0.640. The molecule has 3 nitrogen and oxygen atoms in total. The summed E-state index contributed by atoms with van der Waals surface area (Å²) >= 11 is 0. The van der Waals surface area contributed by atoms with Gasteiger partial charge in [0, 0.05) is 13.2 Å². The number of rotatable bonds is 10. The lowest BCUT2D eigenvalue weighted by Gasteiger charge is -2.44. The van der Waals surface area contributed by atoms with E-state index in [-0.39, 0.29) is 13.2 Å². The summed E-state index contributed by atoms with van der Waals surface area (Å²) in [6.45, 7) is 9.10. The molecule has 3 N–H and O–H groups in total. The monoisotopic (exact) mass is 392 g/mol. The Morgan fingerprint density at radius 2 is 1.89 bits per heavy atom. The Morgan fingerprint density at radius 1 is 1.21 bits per heavy atom. The smallest absolute Gasteiger partial charge is 0.0591 e. The lowest BCUT2D eigenvalue weighted by Crippen LogP contribution is -2.36. The van der Waals surface area contributed by atoms with Gasteiger partial charge in [0.05, 0.1) is 5.60 Å². The molecule has 2 saturated carbocycles. The fourth-order valence-electron chi connectivity index (χ4n) is 6.08. The van der Waals surface area contributed by atoms with Crippen molar-refractivity contribution in [2.75, 3.05) is 13.2 Å². The molecule has 162 valence electrons. The maximum atomic E-state index is 10.0. The van der Waals surface area contributed by atoms with E-state index >= 15 is 0 Å². The van der Waals surface area contributed by atoms with Crippen LogP contribution in [0.2, 0.25) is 0 Å². The van der Waals surface area contributed by atoms with Crippen molar-refractivity contribution in [3.8, 4) is 0 Å². The summed E-state index contributed by atoms with van der Waals surface area (Å²) in [6.07, 6.45) is 15.5. The van der Waals surface area contributed by atoms with Crippen LogP contribution in [0.25, 0.3) is 0 Å². The van der Waals surface area contributed by atoms with Crippen molar-refractivity contribution in [1.82, 2.24) is 0 Å². The second-order valence-corrected chi connectivity index (χ2v) is 10.3. The topological polar surface area (TPSA) is 60.7 Å². The van der Waals surface area contributed by atoms with Crippen LogP contribution in [-0.2, 0) is 0 Å². The Morgan fingerprint density at radius 3 is 2.50 bits per heavy atom. The van der Waals surface area contributed by atoms with Crippen molar-refractivity contribution in [3.05, 3.63) is 23.3 Å². The molecule has 2 aliphatic carbocycles. The van der Waals surface area contributed by atoms with Gasteiger partial charge in [-0.2, -0.15) is 0 Å². The van der Waals surface area contributed by atoms with Gasteiger partial charge in [-0.1, -0.05) is 50.0 Å². The zero-order chi connectivity index (χ0) is 20.8. The standard InChI is InChI=1S/C25H44O3/c1-19(7-5-15-24(2,3)28)22-11-12-23-21(8-6-16-25(22,23)4)10-9-20(13-17-26)14-18-27/h9-10,19,22-23,26-28H,5-8,11-18H2,1-4H3/b21-10+/t19-,22?,23?,25-/m1/s1. The minimum atomic E-state index is -0.546. The molecule has 3 heteroatoms. The molecule has 0 heterocycles. The van der Waals surface area contributed by atoms with Gasteiger partial charge in [0.15, 0.2) is 0 Å². The summed E-state index contributed by atoms with van der Waals surface area (Å²) in [5.41, 5.74) is 2.60. The van der Waals surface area contributed by atoms with Gasteiger partial charge in [-0.15, -0.1) is 0 Å². The SMILES string of the molecule is C[C@H](CCCC(C)(C)O)C1CCC2/C(=C/C=C(CCO)CCO)CCC[C@@]21C. The molecule has 2 rings (SSSR count). The molecule has 0 radical (unpaired) electrons. The molecule has 0 aromatic carbocycles. The second kappa shape index (κ2) is 10.4. The first-order valence-corrected chi connectivity index (χ1v) is 11.5. The predicted molar refractivity (Wildman–Crippen MR) is 117 cm³/mol. The van der Waals surface area contributed by atoms with Crippen molar-refractivity contribution in [1.29, 1.82) is 0 Å². The van der Waals surface area contributed by atoms with E-state index in [0.717, 1.165) is 24.3 Å². The maximum Gasteiger partial charge on any atom is 0.0591 e. The summed E-state index contributed by atoms with van der Waals surface area (Å²) in [7, 11) is 0. The van der Waals surface area contributed by atoms with Crippen LogP contribution in [0.1, 0.15) is 91.9 Å². The summed E-state index contributed by atoms with van der Waals surface area (Å²) < 4.78 is 0. The molecule has 0 spiro atoms. The Labute approximate surface area is 172 Å². The second-order valence-electron chi connectivity index (χ2n) is 10.3. The van der Waals surface area contributed by atoms with E-state index in [1.165, 1.54) is 38.5 Å². The highest BCUT2D eigenvalue weighted by Crippen LogP contribution is 2.59. The van der Waals surface area contributed by atoms with Crippen LogP contribution in [0.4, 0.5) is 0 Å². The highest BCUT2D eigenvalue weighted by Gasteiger charge is 2.50. The largest absolute Gasteiger partial charge is 0.396 e. The number of hydrogen-bond donors (Lipinski definition) is 3. The summed E-state index contributed by atoms with van der Waals surface area (Å²) in [5.74, 6) is 2.18. The highest BCUT2D eigenvalue weighted by atomic mass is 16.3. The fraction of sp³-hybridized carbons (Fsp3) is 0.840. The predicted octanol–water partition coefficient (Wildman–Crippen LogP) is 5.40. The molecule has 0 aromatic heterocycles. The van der Waals surface area contributed by atoms with Gasteiger partial charge in [0.1, 0.15) is 0 Å². The van der Waals surface area contributed by atoms with Crippen LogP contribution in [-0.4, -0.2) is 34.1 Å². The maximum absolute atomic E-state index is 10.0. The van der Waals surface area contributed by atoms with E-state index in [2.05, 4.69) is 26.0 Å². The molecule has 0 amide bonds. The first-order valence-electron chi connectivity index (χ1n) is 11.5. The van der Waals surface area contributed by atoms with Crippen molar-refractivity contribution in [2.45, 2.75) is 97.5 Å². The molecule has 2 aliphatic rings. The zero-order valence-electron chi connectivity index (χ0n) is 18.7. The van der Waals surface area contributed by atoms with E-state index in [1.54, 1.807) is 5.57 Å². The van der Waals surface area contributed by atoms with Crippen molar-refractivity contribution in [3.63, 3.8) is 0 Å². The number of fused-ring (bicyclic) bond motifs is 1. The first-order chi connectivity index (χ1) is 13.2. The molecule has 0 saturated heterocycles. The molecule has 0 bridgehead atoms. The molecule has 2 unspecified atom stereocenters. The van der Waals surface area contributed by atoms with Crippen molar-refractivity contribution >= 4 is 0 Å². The van der Waals surface area contributed by atoms with Crippen LogP contribution in [0.3, 0.4) is 0 Å². The molecule has 4 atom stereocenters.